The molecule has 0 saturated heterocycles. The first-order valence-corrected chi connectivity index (χ1v) is 8.82. The normalized spacial score (nSPS) is 13.4. The average molecular weight is 284 g/mol. The molecule has 1 atom stereocenters. The topological polar surface area (TPSA) is 59.1 Å². The van der Waals surface area contributed by atoms with Crippen LogP contribution in [0.4, 0.5) is 0 Å². The summed E-state index contributed by atoms with van der Waals surface area (Å²) in [5, 5.41) is 3.48. The maximum atomic E-state index is 11.2. The molecule has 0 aliphatic rings. The van der Waals surface area contributed by atoms with Gasteiger partial charge in [0.2, 0.25) is 0 Å². The Balaban J connectivity index is 2.66. The van der Waals surface area contributed by atoms with Crippen molar-refractivity contribution < 1.29 is 8.42 Å². The predicted molar refractivity (Wildman–Crippen MR) is 79.0 cm³/mol. The lowest BCUT2D eigenvalue weighted by molar-refractivity contribution is 0.492. The lowest BCUT2D eigenvalue weighted by Gasteiger charge is -2.19. The van der Waals surface area contributed by atoms with Crippen molar-refractivity contribution in [2.75, 3.05) is 18.6 Å². The summed E-state index contributed by atoms with van der Waals surface area (Å²) in [6, 6.07) is 4.28. The highest BCUT2D eigenvalue weighted by Crippen LogP contribution is 2.19. The molecule has 0 amide bonds. The molecule has 1 N–H and O–H groups in total. The summed E-state index contributed by atoms with van der Waals surface area (Å²) in [7, 11) is -2.87. The van der Waals surface area contributed by atoms with Crippen molar-refractivity contribution in [3.63, 3.8) is 0 Å². The van der Waals surface area contributed by atoms with Gasteiger partial charge in [0.1, 0.15) is 9.84 Å². The average Bonchev–Trinajstić information content (AvgIpc) is 2.32. The van der Waals surface area contributed by atoms with Crippen LogP contribution in [0.3, 0.4) is 0 Å². The molecular weight excluding hydrogens is 260 g/mol. The molecule has 0 aliphatic carbocycles. The second kappa shape index (κ2) is 7.60. The molecule has 0 spiro atoms. The van der Waals surface area contributed by atoms with E-state index in [2.05, 4.69) is 23.3 Å². The maximum absolute atomic E-state index is 11.2. The van der Waals surface area contributed by atoms with Crippen LogP contribution < -0.4 is 5.32 Å². The van der Waals surface area contributed by atoms with E-state index in [9.17, 15) is 8.42 Å². The predicted octanol–water partition coefficient (Wildman–Crippen LogP) is 2.26. The SMILES string of the molecule is CCCNC(CCCS(C)(=O)=O)c1ccnc(C)c1. The van der Waals surface area contributed by atoms with Crippen molar-refractivity contribution in [1.29, 1.82) is 0 Å². The van der Waals surface area contributed by atoms with E-state index in [0.29, 0.717) is 6.42 Å². The number of aryl methyl sites for hydroxylation is 1. The van der Waals surface area contributed by atoms with Crippen molar-refractivity contribution in [1.82, 2.24) is 10.3 Å². The van der Waals surface area contributed by atoms with Crippen molar-refractivity contribution in [2.45, 2.75) is 39.2 Å². The van der Waals surface area contributed by atoms with Gasteiger partial charge >= 0.3 is 0 Å². The van der Waals surface area contributed by atoms with E-state index >= 15 is 0 Å². The van der Waals surface area contributed by atoms with Crippen LogP contribution in [0.1, 0.15) is 43.5 Å². The Morgan fingerprint density at radius 2 is 2.16 bits per heavy atom. The van der Waals surface area contributed by atoms with Gasteiger partial charge < -0.3 is 5.32 Å². The minimum absolute atomic E-state index is 0.211. The van der Waals surface area contributed by atoms with Gasteiger partial charge in [-0.25, -0.2) is 8.42 Å². The number of rotatable bonds is 8. The van der Waals surface area contributed by atoms with Crippen molar-refractivity contribution in [3.05, 3.63) is 29.6 Å². The van der Waals surface area contributed by atoms with Gasteiger partial charge in [-0.05, 0) is 50.4 Å². The van der Waals surface area contributed by atoms with Gasteiger partial charge in [-0.15, -0.1) is 0 Å². The number of hydrogen-bond donors (Lipinski definition) is 1. The first-order valence-electron chi connectivity index (χ1n) is 6.76. The number of hydrogen-bond acceptors (Lipinski definition) is 4. The lowest BCUT2D eigenvalue weighted by Crippen LogP contribution is -2.23. The molecule has 1 aromatic heterocycles. The summed E-state index contributed by atoms with van der Waals surface area (Å²) >= 11 is 0. The zero-order valence-corrected chi connectivity index (χ0v) is 12.8. The smallest absolute Gasteiger partial charge is 0.147 e. The number of nitrogens with one attached hydrogen (secondary N) is 1. The van der Waals surface area contributed by atoms with Crippen LogP contribution in [-0.2, 0) is 9.84 Å². The molecule has 0 aromatic carbocycles. The molecule has 0 fully saturated rings. The Labute approximate surface area is 116 Å². The molecule has 1 aromatic rings. The van der Waals surface area contributed by atoms with Gasteiger partial charge in [-0.2, -0.15) is 0 Å². The number of sulfone groups is 1. The highest BCUT2D eigenvalue weighted by Gasteiger charge is 2.12. The summed E-state index contributed by atoms with van der Waals surface area (Å²) < 4.78 is 22.4. The Morgan fingerprint density at radius 3 is 2.74 bits per heavy atom. The molecule has 4 nitrogen and oxygen atoms in total. The van der Waals surface area contributed by atoms with Gasteiger partial charge in [0.05, 0.1) is 0 Å². The summed E-state index contributed by atoms with van der Waals surface area (Å²) in [5.74, 6) is 0.251. The van der Waals surface area contributed by atoms with Crippen LogP contribution in [0.2, 0.25) is 0 Å². The fraction of sp³-hybridized carbons (Fsp3) is 0.643. The zero-order valence-electron chi connectivity index (χ0n) is 12.0. The molecule has 1 unspecified atom stereocenters. The van der Waals surface area contributed by atoms with Gasteiger partial charge in [-0.1, -0.05) is 6.92 Å². The maximum Gasteiger partial charge on any atom is 0.147 e. The molecule has 19 heavy (non-hydrogen) atoms. The zero-order chi connectivity index (χ0) is 14.3. The Hall–Kier alpha value is -0.940. The number of nitrogens with zero attached hydrogens (tertiary/aromatic N) is 1. The first-order chi connectivity index (χ1) is 8.92. The Bertz CT molecular complexity index is 486. The minimum Gasteiger partial charge on any atom is -0.310 e. The quantitative estimate of drug-likeness (QED) is 0.795. The van der Waals surface area contributed by atoms with E-state index in [-0.39, 0.29) is 11.8 Å². The van der Waals surface area contributed by atoms with Gasteiger partial charge in [0, 0.05) is 29.9 Å². The fourth-order valence-electron chi connectivity index (χ4n) is 2.04. The highest BCUT2D eigenvalue weighted by atomic mass is 32.2. The van der Waals surface area contributed by atoms with Gasteiger partial charge in [0.15, 0.2) is 0 Å². The number of pyridine rings is 1. The molecule has 0 aliphatic heterocycles. The monoisotopic (exact) mass is 284 g/mol. The molecular formula is C14H24N2O2S. The van der Waals surface area contributed by atoms with E-state index < -0.39 is 9.84 Å². The Morgan fingerprint density at radius 1 is 1.42 bits per heavy atom. The summed E-state index contributed by atoms with van der Waals surface area (Å²) in [4.78, 5) is 4.20. The molecule has 0 bridgehead atoms. The third kappa shape index (κ3) is 6.68. The Kier molecular flexibility index (Phi) is 6.45. The number of aromatic nitrogens is 1. The van der Waals surface area contributed by atoms with E-state index in [1.54, 1.807) is 0 Å². The summed E-state index contributed by atoms with van der Waals surface area (Å²) in [6.45, 7) is 5.03. The third-order valence-corrected chi connectivity index (χ3v) is 4.00. The third-order valence-electron chi connectivity index (χ3n) is 2.97. The van der Waals surface area contributed by atoms with E-state index in [1.807, 2.05) is 19.2 Å². The van der Waals surface area contributed by atoms with E-state index in [1.165, 1.54) is 11.8 Å². The highest BCUT2D eigenvalue weighted by molar-refractivity contribution is 7.90. The second-order valence-corrected chi connectivity index (χ2v) is 7.27. The van der Waals surface area contributed by atoms with E-state index in [4.69, 9.17) is 0 Å². The van der Waals surface area contributed by atoms with Gasteiger partial charge in [-0.3, -0.25) is 4.98 Å². The summed E-state index contributed by atoms with van der Waals surface area (Å²) in [6.07, 6.45) is 5.67. The van der Waals surface area contributed by atoms with Crippen LogP contribution in [0.25, 0.3) is 0 Å². The lowest BCUT2D eigenvalue weighted by atomic mass is 10.0. The molecule has 108 valence electrons. The first kappa shape index (κ1) is 16.1. The standard InChI is InChI=1S/C14H24N2O2S/c1-4-8-16-14(6-5-10-19(3,17)18)13-7-9-15-12(2)11-13/h7,9,11,14,16H,4-6,8,10H2,1-3H3. The van der Waals surface area contributed by atoms with Crippen LogP contribution >= 0.6 is 0 Å². The molecule has 0 saturated carbocycles. The molecule has 0 radical (unpaired) electrons. The molecule has 1 heterocycles. The van der Waals surface area contributed by atoms with Crippen molar-refractivity contribution >= 4 is 9.84 Å². The van der Waals surface area contributed by atoms with Gasteiger partial charge in [0.25, 0.3) is 0 Å². The second-order valence-electron chi connectivity index (χ2n) is 5.01. The van der Waals surface area contributed by atoms with Crippen molar-refractivity contribution in [2.24, 2.45) is 0 Å². The summed E-state index contributed by atoms with van der Waals surface area (Å²) in [5.41, 5.74) is 2.18. The van der Waals surface area contributed by atoms with Crippen LogP contribution in [-0.4, -0.2) is 32.0 Å². The molecule has 1 rings (SSSR count). The van der Waals surface area contributed by atoms with Crippen LogP contribution in [0.15, 0.2) is 18.3 Å². The minimum atomic E-state index is -2.87. The van der Waals surface area contributed by atoms with E-state index in [0.717, 1.165) is 25.1 Å². The largest absolute Gasteiger partial charge is 0.310 e. The fourth-order valence-corrected chi connectivity index (χ4v) is 2.73. The van der Waals surface area contributed by atoms with Crippen LogP contribution in [0.5, 0.6) is 0 Å². The van der Waals surface area contributed by atoms with Crippen LogP contribution in [0, 0.1) is 6.92 Å². The molecule has 5 heteroatoms. The van der Waals surface area contributed by atoms with Crippen molar-refractivity contribution in [3.8, 4) is 0 Å².